The average Bonchev–Trinajstić information content (AvgIpc) is 2.14. The Morgan fingerprint density at radius 1 is 1.27 bits per heavy atom. The molecule has 0 heterocycles. The lowest BCUT2D eigenvalue weighted by Gasteiger charge is -2.10. The standard InChI is InChI=1S/C10H12F3NO/c1-7(14)8-2-4-9(5-3-8)15-6-10(11,12)13/h2-5,7H,6,14H2,1H3. The van der Waals surface area contributed by atoms with Gasteiger partial charge in [0, 0.05) is 6.04 Å². The van der Waals surface area contributed by atoms with Crippen LogP contribution in [-0.4, -0.2) is 12.8 Å². The normalized spacial score (nSPS) is 13.7. The number of hydrogen-bond donors (Lipinski definition) is 1. The smallest absolute Gasteiger partial charge is 0.422 e. The molecule has 0 aliphatic rings. The molecule has 0 aliphatic heterocycles. The van der Waals surface area contributed by atoms with Gasteiger partial charge in [-0.25, -0.2) is 0 Å². The molecule has 0 aliphatic carbocycles. The molecule has 15 heavy (non-hydrogen) atoms. The van der Waals surface area contributed by atoms with Crippen molar-refractivity contribution in [2.45, 2.75) is 19.1 Å². The van der Waals surface area contributed by atoms with Crippen LogP contribution in [0.1, 0.15) is 18.5 Å². The summed E-state index contributed by atoms with van der Waals surface area (Å²) >= 11 is 0. The van der Waals surface area contributed by atoms with Crippen molar-refractivity contribution in [2.75, 3.05) is 6.61 Å². The fourth-order valence-corrected chi connectivity index (χ4v) is 1.03. The van der Waals surface area contributed by atoms with Crippen molar-refractivity contribution in [3.8, 4) is 5.75 Å². The minimum atomic E-state index is -4.31. The molecule has 0 saturated carbocycles. The van der Waals surface area contributed by atoms with Gasteiger partial charge in [0.15, 0.2) is 6.61 Å². The third-order valence-corrected chi connectivity index (χ3v) is 1.81. The lowest BCUT2D eigenvalue weighted by molar-refractivity contribution is -0.153. The SMILES string of the molecule is CC(N)c1ccc(OCC(F)(F)F)cc1. The van der Waals surface area contributed by atoms with E-state index < -0.39 is 12.8 Å². The Morgan fingerprint density at radius 3 is 2.20 bits per heavy atom. The first kappa shape index (κ1) is 11.8. The van der Waals surface area contributed by atoms with E-state index in [0.717, 1.165) is 5.56 Å². The maximum Gasteiger partial charge on any atom is 0.422 e. The van der Waals surface area contributed by atoms with Crippen LogP contribution in [0.5, 0.6) is 5.75 Å². The highest BCUT2D eigenvalue weighted by atomic mass is 19.4. The van der Waals surface area contributed by atoms with Gasteiger partial charge in [-0.15, -0.1) is 0 Å². The molecule has 1 atom stereocenters. The summed E-state index contributed by atoms with van der Waals surface area (Å²) in [5, 5.41) is 0. The van der Waals surface area contributed by atoms with Crippen molar-refractivity contribution in [3.05, 3.63) is 29.8 Å². The Kier molecular flexibility index (Phi) is 3.57. The summed E-state index contributed by atoms with van der Waals surface area (Å²) in [7, 11) is 0. The number of nitrogens with two attached hydrogens (primary N) is 1. The van der Waals surface area contributed by atoms with Gasteiger partial charge in [0.2, 0.25) is 0 Å². The van der Waals surface area contributed by atoms with Crippen molar-refractivity contribution in [2.24, 2.45) is 5.73 Å². The largest absolute Gasteiger partial charge is 0.484 e. The molecule has 0 amide bonds. The lowest BCUT2D eigenvalue weighted by Crippen LogP contribution is -2.19. The number of rotatable bonds is 3. The molecule has 0 saturated heterocycles. The molecule has 1 aromatic carbocycles. The molecule has 0 fully saturated rings. The van der Waals surface area contributed by atoms with Crippen LogP contribution >= 0.6 is 0 Å². The summed E-state index contributed by atoms with van der Waals surface area (Å²) in [6, 6.07) is 6.11. The van der Waals surface area contributed by atoms with E-state index >= 15 is 0 Å². The third-order valence-electron chi connectivity index (χ3n) is 1.81. The second kappa shape index (κ2) is 4.53. The maximum atomic E-state index is 11.8. The molecule has 0 spiro atoms. The van der Waals surface area contributed by atoms with Gasteiger partial charge in [-0.05, 0) is 24.6 Å². The van der Waals surface area contributed by atoms with E-state index in [-0.39, 0.29) is 11.8 Å². The van der Waals surface area contributed by atoms with E-state index in [4.69, 9.17) is 5.73 Å². The molecular formula is C10H12F3NO. The van der Waals surface area contributed by atoms with Crippen LogP contribution < -0.4 is 10.5 Å². The van der Waals surface area contributed by atoms with Crippen LogP contribution in [0.4, 0.5) is 13.2 Å². The van der Waals surface area contributed by atoms with Crippen molar-refractivity contribution in [1.82, 2.24) is 0 Å². The van der Waals surface area contributed by atoms with Crippen LogP contribution in [0.25, 0.3) is 0 Å². The van der Waals surface area contributed by atoms with Crippen LogP contribution in [0.2, 0.25) is 0 Å². The van der Waals surface area contributed by atoms with Crippen molar-refractivity contribution >= 4 is 0 Å². The summed E-state index contributed by atoms with van der Waals surface area (Å²) in [6.07, 6.45) is -4.31. The zero-order valence-electron chi connectivity index (χ0n) is 8.21. The van der Waals surface area contributed by atoms with E-state index in [1.165, 1.54) is 12.1 Å². The fourth-order valence-electron chi connectivity index (χ4n) is 1.03. The molecule has 84 valence electrons. The molecule has 0 bridgehead atoms. The zero-order valence-corrected chi connectivity index (χ0v) is 8.21. The summed E-state index contributed by atoms with van der Waals surface area (Å²) in [5.74, 6) is 0.191. The zero-order chi connectivity index (χ0) is 11.5. The van der Waals surface area contributed by atoms with Gasteiger partial charge in [0.25, 0.3) is 0 Å². The summed E-state index contributed by atoms with van der Waals surface area (Å²) in [6.45, 7) is 0.524. The van der Waals surface area contributed by atoms with E-state index in [1.54, 1.807) is 19.1 Å². The summed E-state index contributed by atoms with van der Waals surface area (Å²) in [4.78, 5) is 0. The first-order valence-electron chi connectivity index (χ1n) is 4.43. The summed E-state index contributed by atoms with van der Waals surface area (Å²) < 4.78 is 40.0. The van der Waals surface area contributed by atoms with E-state index in [9.17, 15) is 13.2 Å². The molecule has 1 aromatic rings. The average molecular weight is 219 g/mol. The van der Waals surface area contributed by atoms with Crippen LogP contribution in [0, 0.1) is 0 Å². The Labute approximate surface area is 85.8 Å². The monoisotopic (exact) mass is 219 g/mol. The van der Waals surface area contributed by atoms with Gasteiger partial charge in [0.05, 0.1) is 0 Å². The van der Waals surface area contributed by atoms with Gasteiger partial charge >= 0.3 is 6.18 Å². The Bertz CT molecular complexity index is 305. The predicted molar refractivity (Wildman–Crippen MR) is 50.6 cm³/mol. The van der Waals surface area contributed by atoms with Gasteiger partial charge in [-0.3, -0.25) is 0 Å². The molecule has 0 radical (unpaired) electrons. The maximum absolute atomic E-state index is 11.8. The minimum Gasteiger partial charge on any atom is -0.484 e. The topological polar surface area (TPSA) is 35.2 Å². The number of ether oxygens (including phenoxy) is 1. The highest BCUT2D eigenvalue weighted by Crippen LogP contribution is 2.20. The fraction of sp³-hybridized carbons (Fsp3) is 0.400. The molecule has 2 nitrogen and oxygen atoms in total. The number of halogens is 3. The number of benzene rings is 1. The molecular weight excluding hydrogens is 207 g/mol. The minimum absolute atomic E-state index is 0.137. The number of alkyl halides is 3. The highest BCUT2D eigenvalue weighted by Gasteiger charge is 2.28. The molecule has 1 rings (SSSR count). The Balaban J connectivity index is 2.57. The molecule has 2 N–H and O–H groups in total. The molecule has 0 aromatic heterocycles. The van der Waals surface area contributed by atoms with Gasteiger partial charge in [-0.1, -0.05) is 12.1 Å². The van der Waals surface area contributed by atoms with Crippen LogP contribution in [0.15, 0.2) is 24.3 Å². The van der Waals surface area contributed by atoms with Gasteiger partial charge < -0.3 is 10.5 Å². The van der Waals surface area contributed by atoms with Crippen molar-refractivity contribution in [3.63, 3.8) is 0 Å². The van der Waals surface area contributed by atoms with Crippen LogP contribution in [0.3, 0.4) is 0 Å². The molecule has 5 heteroatoms. The first-order chi connectivity index (χ1) is 6.88. The van der Waals surface area contributed by atoms with Crippen molar-refractivity contribution in [1.29, 1.82) is 0 Å². The highest BCUT2D eigenvalue weighted by molar-refractivity contribution is 5.28. The van der Waals surface area contributed by atoms with Crippen molar-refractivity contribution < 1.29 is 17.9 Å². The summed E-state index contributed by atoms with van der Waals surface area (Å²) in [5.41, 5.74) is 6.44. The van der Waals surface area contributed by atoms with E-state index in [0.29, 0.717) is 0 Å². The van der Waals surface area contributed by atoms with E-state index in [2.05, 4.69) is 4.74 Å². The first-order valence-corrected chi connectivity index (χ1v) is 4.43. The second-order valence-electron chi connectivity index (χ2n) is 3.26. The number of hydrogen-bond acceptors (Lipinski definition) is 2. The molecule has 1 unspecified atom stereocenters. The predicted octanol–water partition coefficient (Wildman–Crippen LogP) is 2.65. The van der Waals surface area contributed by atoms with E-state index in [1.807, 2.05) is 0 Å². The quantitative estimate of drug-likeness (QED) is 0.848. The van der Waals surface area contributed by atoms with Gasteiger partial charge in [0.1, 0.15) is 5.75 Å². The van der Waals surface area contributed by atoms with Crippen LogP contribution in [-0.2, 0) is 0 Å². The third kappa shape index (κ3) is 4.20. The second-order valence-corrected chi connectivity index (χ2v) is 3.26. The lowest BCUT2D eigenvalue weighted by atomic mass is 10.1. The Morgan fingerprint density at radius 2 is 1.80 bits per heavy atom. The van der Waals surface area contributed by atoms with Gasteiger partial charge in [-0.2, -0.15) is 13.2 Å². The Hall–Kier alpha value is -1.23.